The lowest BCUT2D eigenvalue weighted by molar-refractivity contribution is -0.146. The summed E-state index contributed by atoms with van der Waals surface area (Å²) in [7, 11) is 2.87. The van der Waals surface area contributed by atoms with E-state index in [4.69, 9.17) is 9.47 Å². The lowest BCUT2D eigenvalue weighted by atomic mass is 10.0. The van der Waals surface area contributed by atoms with Gasteiger partial charge in [-0.3, -0.25) is 14.4 Å². The number of ether oxygens (including phenoxy) is 2. The van der Waals surface area contributed by atoms with E-state index < -0.39 is 36.0 Å². The molecule has 0 saturated carbocycles. The third-order valence-electron chi connectivity index (χ3n) is 7.58. The fourth-order valence-electron chi connectivity index (χ4n) is 4.95. The molecule has 10 nitrogen and oxygen atoms in total. The maximum Gasteiger partial charge on any atom is 0.359 e. The van der Waals surface area contributed by atoms with Crippen LogP contribution in [-0.2, 0) is 35.1 Å². The van der Waals surface area contributed by atoms with Crippen LogP contribution in [0.15, 0.2) is 70.3 Å². The Balaban J connectivity index is 2.09. The van der Waals surface area contributed by atoms with Crippen LogP contribution in [-0.4, -0.2) is 66.0 Å². The van der Waals surface area contributed by atoms with E-state index in [-0.39, 0.29) is 36.0 Å². The predicted octanol–water partition coefficient (Wildman–Crippen LogP) is 5.00. The first-order valence-electron chi connectivity index (χ1n) is 15.0. The normalized spacial score (nSPS) is 23.7. The molecule has 1 heterocycles. The molecular formula is C34H42BrN3O7. The van der Waals surface area contributed by atoms with Gasteiger partial charge in [-0.15, -0.1) is 0 Å². The van der Waals surface area contributed by atoms with Crippen LogP contribution in [0.2, 0.25) is 0 Å². The van der Waals surface area contributed by atoms with Crippen molar-refractivity contribution in [3.8, 4) is 5.75 Å². The Morgan fingerprint density at radius 2 is 1.80 bits per heavy atom. The van der Waals surface area contributed by atoms with Crippen molar-refractivity contribution in [1.29, 1.82) is 0 Å². The number of methoxy groups -OCH3 is 1. The Morgan fingerprint density at radius 1 is 1.09 bits per heavy atom. The van der Waals surface area contributed by atoms with Crippen molar-refractivity contribution >= 4 is 45.4 Å². The van der Waals surface area contributed by atoms with Gasteiger partial charge in [-0.2, -0.15) is 0 Å². The zero-order valence-corrected chi connectivity index (χ0v) is 28.0. The van der Waals surface area contributed by atoms with Crippen LogP contribution >= 0.6 is 15.9 Å². The molecule has 2 aromatic rings. The maximum absolute atomic E-state index is 14.1. The first kappa shape index (κ1) is 35.4. The molecule has 1 aliphatic rings. The van der Waals surface area contributed by atoms with Crippen LogP contribution in [0.3, 0.4) is 0 Å². The maximum atomic E-state index is 14.1. The molecular weight excluding hydrogens is 642 g/mol. The first-order chi connectivity index (χ1) is 21.4. The number of carbonyl (C=O) groups is 4. The highest BCUT2D eigenvalue weighted by atomic mass is 79.9. The van der Waals surface area contributed by atoms with Crippen molar-refractivity contribution < 1.29 is 33.8 Å². The minimum atomic E-state index is -1.13. The molecule has 0 saturated heterocycles. The fraction of sp³-hybridized carbons (Fsp3) is 0.412. The van der Waals surface area contributed by atoms with Gasteiger partial charge in [0.2, 0.25) is 17.7 Å². The molecule has 242 valence electrons. The summed E-state index contributed by atoms with van der Waals surface area (Å²) in [6.45, 7) is 5.34. The highest BCUT2D eigenvalue weighted by Crippen LogP contribution is 2.26. The molecule has 3 N–H and O–H groups in total. The Hall–Kier alpha value is -4.12. The van der Waals surface area contributed by atoms with Gasteiger partial charge in [0, 0.05) is 25.5 Å². The summed E-state index contributed by atoms with van der Waals surface area (Å²) in [5, 5.41) is 15.5. The van der Waals surface area contributed by atoms with Crippen LogP contribution in [0.25, 0.3) is 5.76 Å². The number of hydrogen-bond acceptors (Lipinski definition) is 7. The molecule has 0 spiro atoms. The van der Waals surface area contributed by atoms with Gasteiger partial charge in [0.15, 0.2) is 11.5 Å². The molecule has 0 aliphatic carbocycles. The van der Waals surface area contributed by atoms with E-state index in [0.29, 0.717) is 41.3 Å². The Labute approximate surface area is 273 Å². The third-order valence-corrected chi connectivity index (χ3v) is 8.22. The van der Waals surface area contributed by atoms with Crippen LogP contribution in [0.5, 0.6) is 5.75 Å². The van der Waals surface area contributed by atoms with Crippen molar-refractivity contribution in [2.24, 2.45) is 0 Å². The van der Waals surface area contributed by atoms with Crippen LogP contribution in [0.1, 0.15) is 64.0 Å². The molecule has 0 radical (unpaired) electrons. The number of phenolic OH excluding ortho intramolecular Hbond substituents is 1. The van der Waals surface area contributed by atoms with Crippen molar-refractivity contribution in [3.05, 3.63) is 81.5 Å². The molecule has 3 rings (SSSR count). The van der Waals surface area contributed by atoms with E-state index in [9.17, 15) is 24.3 Å². The lowest BCUT2D eigenvalue weighted by Crippen LogP contribution is -2.54. The van der Waals surface area contributed by atoms with E-state index in [1.165, 1.54) is 25.1 Å². The quantitative estimate of drug-likeness (QED) is 0.179. The number of nitrogens with one attached hydrogen (secondary N) is 2. The van der Waals surface area contributed by atoms with Crippen LogP contribution in [0, 0.1) is 0 Å². The molecule has 0 fully saturated rings. The number of amides is 3. The summed E-state index contributed by atoms with van der Waals surface area (Å²) in [6.07, 6.45) is 4.40. The number of esters is 1. The number of phenols is 1. The Bertz CT molecular complexity index is 1440. The van der Waals surface area contributed by atoms with Crippen molar-refractivity contribution in [1.82, 2.24) is 15.5 Å². The minimum absolute atomic E-state index is 0.0181. The third kappa shape index (κ3) is 10.2. The lowest BCUT2D eigenvalue weighted by Gasteiger charge is -2.30. The fourth-order valence-corrected chi connectivity index (χ4v) is 5.37. The molecule has 1 aliphatic heterocycles. The average molecular weight is 685 g/mol. The SMILES string of the molecule is CO/C(=C1/NC(=O)[C@H](Cc2ccc(O)c(Br)c2)N(C)C(=O)[C@@H](C)NC(=O)CCC/C=C(/C)CC[C@H](C)OC1=O)c1ccccc1. The number of allylic oxidation sites excluding steroid dienone is 2. The number of hydrogen-bond donors (Lipinski definition) is 3. The second-order valence-corrected chi connectivity index (χ2v) is 12.1. The number of rotatable bonds is 4. The van der Waals surface area contributed by atoms with Gasteiger partial charge in [0.05, 0.1) is 17.7 Å². The largest absolute Gasteiger partial charge is 0.507 e. The van der Waals surface area contributed by atoms with E-state index in [0.717, 1.165) is 5.57 Å². The standard InChI is InChI=1S/C34H42BrN3O7/c1-21-11-9-10-14-29(40)36-23(3)33(42)38(4)27(20-24-17-18-28(39)26(35)19-24)32(41)37-30(34(43)45-22(2)16-15-21)31(44-5)25-12-7-6-8-13-25/h6-8,11-13,17-19,22-23,27,39H,9-10,14-16,20H2,1-5H3,(H,36,40)(H,37,41)/b21-11-,31-30+/t22-,23+,27-/m0/s1. The van der Waals surface area contributed by atoms with E-state index in [1.54, 1.807) is 50.2 Å². The van der Waals surface area contributed by atoms with Gasteiger partial charge in [-0.25, -0.2) is 4.79 Å². The predicted molar refractivity (Wildman–Crippen MR) is 175 cm³/mol. The van der Waals surface area contributed by atoms with E-state index in [2.05, 4.69) is 32.6 Å². The van der Waals surface area contributed by atoms with Gasteiger partial charge >= 0.3 is 5.97 Å². The Morgan fingerprint density at radius 3 is 2.47 bits per heavy atom. The van der Waals surface area contributed by atoms with E-state index in [1.807, 2.05) is 13.0 Å². The smallest absolute Gasteiger partial charge is 0.359 e. The molecule has 3 amide bonds. The number of cyclic esters (lactones) is 1. The molecule has 11 heteroatoms. The monoisotopic (exact) mass is 683 g/mol. The van der Waals surface area contributed by atoms with Gasteiger partial charge in [-0.1, -0.05) is 48.0 Å². The molecule has 3 atom stereocenters. The van der Waals surface area contributed by atoms with Gasteiger partial charge in [0.1, 0.15) is 17.8 Å². The number of likely N-dealkylation sites (N-methyl/N-ethyl adjacent to an activating group) is 1. The first-order valence-corrected chi connectivity index (χ1v) is 15.7. The van der Waals surface area contributed by atoms with Crippen molar-refractivity contribution in [3.63, 3.8) is 0 Å². The van der Waals surface area contributed by atoms with E-state index >= 15 is 0 Å². The topological polar surface area (TPSA) is 134 Å². The summed E-state index contributed by atoms with van der Waals surface area (Å²) in [4.78, 5) is 55.3. The average Bonchev–Trinajstić information content (AvgIpc) is 3.01. The molecule has 2 aromatic carbocycles. The van der Waals surface area contributed by atoms with Crippen molar-refractivity contribution in [2.45, 2.75) is 77.5 Å². The molecule has 0 aromatic heterocycles. The minimum Gasteiger partial charge on any atom is -0.507 e. The summed E-state index contributed by atoms with van der Waals surface area (Å²) in [5.74, 6) is -2.09. The molecule has 0 bridgehead atoms. The second kappa shape index (κ2) is 16.8. The number of halogens is 1. The summed E-state index contributed by atoms with van der Waals surface area (Å²) < 4.78 is 11.9. The van der Waals surface area contributed by atoms with Gasteiger partial charge < -0.3 is 30.1 Å². The highest BCUT2D eigenvalue weighted by molar-refractivity contribution is 9.10. The Kier molecular flexibility index (Phi) is 13.2. The highest BCUT2D eigenvalue weighted by Gasteiger charge is 2.33. The number of carbonyl (C=O) groups excluding carboxylic acids is 4. The van der Waals surface area contributed by atoms with Crippen LogP contribution < -0.4 is 10.6 Å². The molecule has 45 heavy (non-hydrogen) atoms. The second-order valence-electron chi connectivity index (χ2n) is 11.2. The number of aromatic hydroxyl groups is 1. The van der Waals surface area contributed by atoms with Gasteiger partial charge in [-0.05, 0) is 80.1 Å². The molecule has 0 unspecified atom stereocenters. The zero-order chi connectivity index (χ0) is 33.1. The number of nitrogens with zero attached hydrogens (tertiary/aromatic N) is 1. The summed E-state index contributed by atoms with van der Waals surface area (Å²) in [6, 6.07) is 11.6. The number of benzene rings is 2. The zero-order valence-electron chi connectivity index (χ0n) is 26.4. The summed E-state index contributed by atoms with van der Waals surface area (Å²) in [5.41, 5.74) is 2.08. The van der Waals surface area contributed by atoms with Gasteiger partial charge in [0.25, 0.3) is 0 Å². The summed E-state index contributed by atoms with van der Waals surface area (Å²) >= 11 is 3.30. The van der Waals surface area contributed by atoms with Crippen LogP contribution in [0.4, 0.5) is 0 Å². The van der Waals surface area contributed by atoms with Crippen molar-refractivity contribution in [2.75, 3.05) is 14.2 Å².